The van der Waals surface area contributed by atoms with Gasteiger partial charge in [0.1, 0.15) is 12.4 Å². The predicted molar refractivity (Wildman–Crippen MR) is 113 cm³/mol. The average molecular weight is 495 g/mol. The zero-order valence-corrected chi connectivity index (χ0v) is 18.2. The minimum atomic E-state index is 0.516. The van der Waals surface area contributed by atoms with Crippen LogP contribution in [0.1, 0.15) is 30.9 Å². The molecule has 6 nitrogen and oxygen atoms in total. The molecule has 0 amide bonds. The molecule has 0 saturated carbocycles. The quantitative estimate of drug-likeness (QED) is 0.443. The molecule has 0 aliphatic heterocycles. The number of hydrogen-bond acceptors (Lipinski definition) is 5. The third-order valence-electron chi connectivity index (χ3n) is 3.99. The number of aryl methyl sites for hydroxylation is 1. The van der Waals surface area contributed by atoms with Crippen LogP contribution in [-0.2, 0) is 19.7 Å². The van der Waals surface area contributed by atoms with Crippen LogP contribution in [-0.4, -0.2) is 20.2 Å². The van der Waals surface area contributed by atoms with Gasteiger partial charge in [-0.3, -0.25) is 0 Å². The number of anilines is 1. The van der Waals surface area contributed by atoms with Gasteiger partial charge in [-0.25, -0.2) is 4.68 Å². The molecule has 1 aromatic heterocycles. The summed E-state index contributed by atoms with van der Waals surface area (Å²) in [6, 6.07) is 14.2. The van der Waals surface area contributed by atoms with Crippen LogP contribution >= 0.6 is 31.9 Å². The van der Waals surface area contributed by atoms with Crippen molar-refractivity contribution in [3.63, 3.8) is 0 Å². The molecule has 0 spiro atoms. The van der Waals surface area contributed by atoms with Crippen LogP contribution in [0.3, 0.4) is 0 Å². The Morgan fingerprint density at radius 3 is 2.52 bits per heavy atom. The van der Waals surface area contributed by atoms with E-state index in [2.05, 4.69) is 59.6 Å². The van der Waals surface area contributed by atoms with E-state index in [1.807, 2.05) is 42.5 Å². The Morgan fingerprint density at radius 2 is 1.81 bits per heavy atom. The SMILES string of the molecule is CCCCn1nnnc1NCc1cc(Br)c(OCc2ccccc2)c(Br)c1. The lowest BCUT2D eigenvalue weighted by Gasteiger charge is -2.13. The summed E-state index contributed by atoms with van der Waals surface area (Å²) >= 11 is 7.22. The minimum absolute atomic E-state index is 0.516. The number of hydrogen-bond donors (Lipinski definition) is 1. The first kappa shape index (κ1) is 19.8. The van der Waals surface area contributed by atoms with E-state index in [1.54, 1.807) is 4.68 Å². The molecular weight excluding hydrogens is 474 g/mol. The fourth-order valence-electron chi connectivity index (χ4n) is 2.55. The standard InChI is InChI=1S/C19H21Br2N5O/c1-2-3-9-26-19(23-24-25-26)22-12-15-10-16(20)18(17(21)11-15)27-13-14-7-5-4-6-8-14/h4-8,10-11H,2-3,9,12-13H2,1H3,(H,22,23,25). The predicted octanol–water partition coefficient (Wildman–Crippen LogP) is 5.19. The highest BCUT2D eigenvalue weighted by Gasteiger charge is 2.11. The average Bonchev–Trinajstić information content (AvgIpc) is 3.12. The van der Waals surface area contributed by atoms with Gasteiger partial charge in [-0.05, 0) is 72.0 Å². The highest BCUT2D eigenvalue weighted by Crippen LogP contribution is 2.35. The Bertz CT molecular complexity index is 847. The summed E-state index contributed by atoms with van der Waals surface area (Å²) in [5.74, 6) is 1.47. The lowest BCUT2D eigenvalue weighted by Crippen LogP contribution is -2.09. The number of benzene rings is 2. The van der Waals surface area contributed by atoms with Crippen LogP contribution in [0.4, 0.5) is 5.95 Å². The molecule has 0 aliphatic carbocycles. The molecule has 0 saturated heterocycles. The van der Waals surface area contributed by atoms with E-state index in [0.717, 1.165) is 45.2 Å². The second kappa shape index (κ2) is 9.85. The molecule has 27 heavy (non-hydrogen) atoms. The fourth-order valence-corrected chi connectivity index (χ4v) is 4.06. The molecule has 1 N–H and O–H groups in total. The van der Waals surface area contributed by atoms with Gasteiger partial charge in [-0.2, -0.15) is 0 Å². The lowest BCUT2D eigenvalue weighted by molar-refractivity contribution is 0.302. The van der Waals surface area contributed by atoms with Crippen molar-refractivity contribution in [3.05, 3.63) is 62.5 Å². The van der Waals surface area contributed by atoms with Crippen molar-refractivity contribution in [1.29, 1.82) is 0 Å². The van der Waals surface area contributed by atoms with Crippen LogP contribution < -0.4 is 10.1 Å². The van der Waals surface area contributed by atoms with Crippen LogP contribution in [0.25, 0.3) is 0 Å². The molecule has 0 atom stereocenters. The minimum Gasteiger partial charge on any atom is -0.487 e. The summed E-state index contributed by atoms with van der Waals surface area (Å²) in [5.41, 5.74) is 2.21. The van der Waals surface area contributed by atoms with Gasteiger partial charge >= 0.3 is 0 Å². The summed E-state index contributed by atoms with van der Waals surface area (Å²) in [6.45, 7) is 4.09. The first-order chi connectivity index (χ1) is 13.2. The first-order valence-electron chi connectivity index (χ1n) is 8.82. The smallest absolute Gasteiger partial charge is 0.243 e. The van der Waals surface area contributed by atoms with Gasteiger partial charge in [0, 0.05) is 13.1 Å². The maximum Gasteiger partial charge on any atom is 0.243 e. The maximum absolute atomic E-state index is 5.97. The van der Waals surface area contributed by atoms with E-state index in [-0.39, 0.29) is 0 Å². The molecule has 0 radical (unpaired) electrons. The molecule has 0 fully saturated rings. The number of nitrogens with one attached hydrogen (secondary N) is 1. The number of nitrogens with zero attached hydrogens (tertiary/aromatic N) is 4. The fraction of sp³-hybridized carbons (Fsp3) is 0.316. The lowest BCUT2D eigenvalue weighted by atomic mass is 10.2. The van der Waals surface area contributed by atoms with E-state index in [4.69, 9.17) is 4.74 Å². The van der Waals surface area contributed by atoms with Gasteiger partial charge in [0.2, 0.25) is 5.95 Å². The number of tetrazole rings is 1. The van der Waals surface area contributed by atoms with Crippen LogP contribution in [0.15, 0.2) is 51.4 Å². The molecule has 0 unspecified atom stereocenters. The van der Waals surface area contributed by atoms with Crippen molar-refractivity contribution >= 4 is 37.8 Å². The van der Waals surface area contributed by atoms with E-state index in [1.165, 1.54) is 0 Å². The Kier molecular flexibility index (Phi) is 7.23. The zero-order chi connectivity index (χ0) is 19.1. The number of halogens is 2. The topological polar surface area (TPSA) is 64.9 Å². The van der Waals surface area contributed by atoms with Crippen molar-refractivity contribution in [2.24, 2.45) is 0 Å². The second-order valence-electron chi connectivity index (χ2n) is 6.10. The van der Waals surface area contributed by atoms with Crippen molar-refractivity contribution in [2.75, 3.05) is 5.32 Å². The molecule has 8 heteroatoms. The highest BCUT2D eigenvalue weighted by molar-refractivity contribution is 9.11. The number of rotatable bonds is 9. The Balaban J connectivity index is 1.63. The first-order valence-corrected chi connectivity index (χ1v) is 10.4. The molecule has 1 heterocycles. The number of aromatic nitrogens is 4. The summed E-state index contributed by atoms with van der Waals surface area (Å²) in [5, 5.41) is 15.1. The molecule has 142 valence electrons. The van der Waals surface area contributed by atoms with E-state index < -0.39 is 0 Å². The molecule has 0 bridgehead atoms. The summed E-state index contributed by atoms with van der Waals surface area (Å²) in [6.07, 6.45) is 2.15. The maximum atomic E-state index is 5.97. The van der Waals surface area contributed by atoms with Crippen molar-refractivity contribution in [1.82, 2.24) is 20.2 Å². The highest BCUT2D eigenvalue weighted by atomic mass is 79.9. The van der Waals surface area contributed by atoms with Crippen LogP contribution in [0.2, 0.25) is 0 Å². The van der Waals surface area contributed by atoms with Gasteiger partial charge in [0.05, 0.1) is 8.95 Å². The van der Waals surface area contributed by atoms with Crippen LogP contribution in [0.5, 0.6) is 5.75 Å². The second-order valence-corrected chi connectivity index (χ2v) is 7.80. The molecule has 3 aromatic rings. The zero-order valence-electron chi connectivity index (χ0n) is 15.0. The van der Waals surface area contributed by atoms with Gasteiger partial charge < -0.3 is 10.1 Å². The van der Waals surface area contributed by atoms with Crippen molar-refractivity contribution < 1.29 is 4.74 Å². The molecule has 3 rings (SSSR count). The summed E-state index contributed by atoms with van der Waals surface area (Å²) in [7, 11) is 0. The normalized spacial score (nSPS) is 10.8. The van der Waals surface area contributed by atoms with Gasteiger partial charge in [-0.1, -0.05) is 48.8 Å². The summed E-state index contributed by atoms with van der Waals surface area (Å²) in [4.78, 5) is 0. The van der Waals surface area contributed by atoms with Gasteiger partial charge in [0.25, 0.3) is 0 Å². The monoisotopic (exact) mass is 493 g/mol. The molecule has 2 aromatic carbocycles. The Labute approximate surface area is 175 Å². The van der Waals surface area contributed by atoms with E-state index in [0.29, 0.717) is 19.1 Å². The largest absolute Gasteiger partial charge is 0.487 e. The molecule has 0 aliphatic rings. The van der Waals surface area contributed by atoms with E-state index >= 15 is 0 Å². The van der Waals surface area contributed by atoms with Gasteiger partial charge in [0.15, 0.2) is 0 Å². The van der Waals surface area contributed by atoms with Crippen molar-refractivity contribution in [3.8, 4) is 5.75 Å². The van der Waals surface area contributed by atoms with Crippen molar-refractivity contribution in [2.45, 2.75) is 39.5 Å². The van der Waals surface area contributed by atoms with Gasteiger partial charge in [-0.15, -0.1) is 0 Å². The third-order valence-corrected chi connectivity index (χ3v) is 5.17. The molecular formula is C19H21Br2N5O. The van der Waals surface area contributed by atoms with E-state index in [9.17, 15) is 0 Å². The third kappa shape index (κ3) is 5.52. The number of ether oxygens (including phenoxy) is 1. The number of unbranched alkanes of at least 4 members (excludes halogenated alkanes) is 1. The van der Waals surface area contributed by atoms with Crippen LogP contribution in [0, 0.1) is 0 Å². The summed E-state index contributed by atoms with van der Waals surface area (Å²) < 4.78 is 9.56. The Hall–Kier alpha value is -1.93. The Morgan fingerprint density at radius 1 is 1.07 bits per heavy atom.